The van der Waals surface area contributed by atoms with Gasteiger partial charge in [-0.3, -0.25) is 0 Å². The first-order valence-electron chi connectivity index (χ1n) is 6.79. The Labute approximate surface area is 113 Å². The van der Waals surface area contributed by atoms with E-state index < -0.39 is 0 Å². The SMILES string of the molecule is CCC(S)(CC)CCCC(C)CC(OC)OC. The summed E-state index contributed by atoms with van der Waals surface area (Å²) in [6.45, 7) is 6.72. The molecule has 0 rings (SSSR count). The lowest BCUT2D eigenvalue weighted by Gasteiger charge is -2.26. The summed E-state index contributed by atoms with van der Waals surface area (Å²) in [5.74, 6) is 0.645. The molecule has 0 aliphatic heterocycles. The summed E-state index contributed by atoms with van der Waals surface area (Å²) in [5, 5.41) is 0. The van der Waals surface area contributed by atoms with Crippen molar-refractivity contribution in [3.8, 4) is 0 Å². The number of ether oxygens (including phenoxy) is 2. The molecule has 0 heterocycles. The Morgan fingerprint density at radius 3 is 2.06 bits per heavy atom. The predicted molar refractivity (Wildman–Crippen MR) is 77.7 cm³/mol. The average molecular weight is 262 g/mol. The summed E-state index contributed by atoms with van der Waals surface area (Å²) in [6.07, 6.45) is 6.91. The maximum absolute atomic E-state index is 5.22. The Balaban J connectivity index is 3.80. The summed E-state index contributed by atoms with van der Waals surface area (Å²) in [7, 11) is 3.40. The number of hydrogen-bond donors (Lipinski definition) is 1. The van der Waals surface area contributed by atoms with Gasteiger partial charge in [0.05, 0.1) is 0 Å². The molecule has 0 fully saturated rings. The minimum absolute atomic E-state index is 0.0527. The van der Waals surface area contributed by atoms with Gasteiger partial charge in [0.1, 0.15) is 0 Å². The molecule has 0 radical (unpaired) electrons. The van der Waals surface area contributed by atoms with Crippen LogP contribution >= 0.6 is 12.6 Å². The third-order valence-electron chi connectivity index (χ3n) is 3.78. The van der Waals surface area contributed by atoms with Crippen molar-refractivity contribution < 1.29 is 9.47 Å². The highest BCUT2D eigenvalue weighted by Gasteiger charge is 2.20. The molecule has 0 aliphatic rings. The molecule has 1 unspecified atom stereocenters. The topological polar surface area (TPSA) is 18.5 Å². The summed E-state index contributed by atoms with van der Waals surface area (Å²) in [4.78, 5) is 0. The van der Waals surface area contributed by atoms with Crippen molar-refractivity contribution in [1.82, 2.24) is 0 Å². The van der Waals surface area contributed by atoms with Gasteiger partial charge in [-0.15, -0.1) is 0 Å². The number of thiol groups is 1. The zero-order valence-electron chi connectivity index (χ0n) is 12.2. The van der Waals surface area contributed by atoms with Crippen LogP contribution < -0.4 is 0 Å². The van der Waals surface area contributed by atoms with Crippen LogP contribution in [0.2, 0.25) is 0 Å². The van der Waals surface area contributed by atoms with E-state index in [0.29, 0.717) is 5.92 Å². The normalized spacial score (nSPS) is 14.3. The van der Waals surface area contributed by atoms with Crippen LogP contribution in [0.4, 0.5) is 0 Å². The van der Waals surface area contributed by atoms with Crippen LogP contribution in [0.25, 0.3) is 0 Å². The molecule has 0 amide bonds. The minimum atomic E-state index is -0.0527. The van der Waals surface area contributed by atoms with Crippen LogP contribution in [0, 0.1) is 5.92 Å². The lowest BCUT2D eigenvalue weighted by Crippen LogP contribution is -2.20. The van der Waals surface area contributed by atoms with Gasteiger partial charge >= 0.3 is 0 Å². The van der Waals surface area contributed by atoms with Crippen molar-refractivity contribution in [2.24, 2.45) is 5.92 Å². The van der Waals surface area contributed by atoms with Crippen molar-refractivity contribution in [3.63, 3.8) is 0 Å². The van der Waals surface area contributed by atoms with E-state index in [1.54, 1.807) is 14.2 Å². The Bertz CT molecular complexity index is 177. The van der Waals surface area contributed by atoms with Crippen LogP contribution in [-0.4, -0.2) is 25.3 Å². The van der Waals surface area contributed by atoms with E-state index in [1.165, 1.54) is 19.3 Å². The molecule has 0 aromatic heterocycles. The van der Waals surface area contributed by atoms with Crippen LogP contribution in [0.5, 0.6) is 0 Å². The standard InChI is InChI=1S/C14H30O2S/c1-6-14(17,7-2)10-8-9-12(3)11-13(15-4)16-5/h12-13,17H,6-11H2,1-5H3. The van der Waals surface area contributed by atoms with Crippen LogP contribution in [0.3, 0.4) is 0 Å². The van der Waals surface area contributed by atoms with Crippen molar-refractivity contribution in [1.29, 1.82) is 0 Å². The lowest BCUT2D eigenvalue weighted by atomic mass is 9.92. The van der Waals surface area contributed by atoms with E-state index in [9.17, 15) is 0 Å². The second-order valence-electron chi connectivity index (χ2n) is 5.07. The van der Waals surface area contributed by atoms with E-state index in [0.717, 1.165) is 19.3 Å². The summed E-state index contributed by atoms with van der Waals surface area (Å²) >= 11 is 4.78. The third-order valence-corrected chi connectivity index (χ3v) is 4.63. The molecule has 0 saturated heterocycles. The zero-order chi connectivity index (χ0) is 13.3. The lowest BCUT2D eigenvalue weighted by molar-refractivity contribution is -0.113. The molecule has 3 heteroatoms. The molecule has 1 atom stereocenters. The van der Waals surface area contributed by atoms with Crippen molar-refractivity contribution in [2.45, 2.75) is 70.3 Å². The maximum Gasteiger partial charge on any atom is 0.157 e. The second-order valence-corrected chi connectivity index (χ2v) is 6.01. The zero-order valence-corrected chi connectivity index (χ0v) is 13.1. The second kappa shape index (κ2) is 9.23. The fourth-order valence-electron chi connectivity index (χ4n) is 2.12. The van der Waals surface area contributed by atoms with Gasteiger partial charge in [0, 0.05) is 25.4 Å². The monoisotopic (exact) mass is 262 g/mol. The van der Waals surface area contributed by atoms with Crippen molar-refractivity contribution in [3.05, 3.63) is 0 Å². The molecule has 17 heavy (non-hydrogen) atoms. The Morgan fingerprint density at radius 1 is 1.12 bits per heavy atom. The first kappa shape index (κ1) is 17.3. The molecule has 104 valence electrons. The molecule has 0 spiro atoms. The smallest absolute Gasteiger partial charge is 0.157 e. The Kier molecular flexibility index (Phi) is 9.38. The van der Waals surface area contributed by atoms with Gasteiger partial charge < -0.3 is 9.47 Å². The first-order valence-corrected chi connectivity index (χ1v) is 7.24. The average Bonchev–Trinajstić information content (AvgIpc) is 2.35. The highest BCUT2D eigenvalue weighted by molar-refractivity contribution is 7.81. The molecule has 0 aliphatic carbocycles. The van der Waals surface area contributed by atoms with Gasteiger partial charge in [0.15, 0.2) is 6.29 Å². The largest absolute Gasteiger partial charge is 0.356 e. The maximum atomic E-state index is 5.22. The molecular weight excluding hydrogens is 232 g/mol. The highest BCUT2D eigenvalue weighted by Crippen LogP contribution is 2.30. The van der Waals surface area contributed by atoms with Gasteiger partial charge in [0.2, 0.25) is 0 Å². The van der Waals surface area contributed by atoms with Gasteiger partial charge in [-0.1, -0.05) is 33.6 Å². The highest BCUT2D eigenvalue weighted by atomic mass is 32.1. The fourth-order valence-corrected chi connectivity index (χ4v) is 2.28. The molecule has 2 nitrogen and oxygen atoms in total. The van der Waals surface area contributed by atoms with Gasteiger partial charge in [0.25, 0.3) is 0 Å². The molecule has 0 saturated carbocycles. The van der Waals surface area contributed by atoms with Crippen LogP contribution in [0.15, 0.2) is 0 Å². The molecular formula is C14H30O2S. The summed E-state index contributed by atoms with van der Waals surface area (Å²) in [6, 6.07) is 0. The van der Waals surface area contributed by atoms with Crippen molar-refractivity contribution >= 4 is 12.6 Å². The quantitative estimate of drug-likeness (QED) is 0.467. The van der Waals surface area contributed by atoms with Crippen LogP contribution in [-0.2, 0) is 9.47 Å². The summed E-state index contributed by atoms with van der Waals surface area (Å²) < 4.78 is 10.7. The van der Waals surface area contributed by atoms with E-state index in [4.69, 9.17) is 22.1 Å². The fraction of sp³-hybridized carbons (Fsp3) is 1.00. The van der Waals surface area contributed by atoms with E-state index >= 15 is 0 Å². The van der Waals surface area contributed by atoms with E-state index in [1.807, 2.05) is 0 Å². The van der Waals surface area contributed by atoms with E-state index in [2.05, 4.69) is 20.8 Å². The third kappa shape index (κ3) is 7.32. The number of hydrogen-bond acceptors (Lipinski definition) is 3. The van der Waals surface area contributed by atoms with Crippen LogP contribution in [0.1, 0.15) is 59.3 Å². The number of methoxy groups -OCH3 is 2. The summed E-state index contributed by atoms with van der Waals surface area (Å²) in [5.41, 5.74) is 0. The van der Waals surface area contributed by atoms with Gasteiger partial charge in [-0.2, -0.15) is 12.6 Å². The first-order chi connectivity index (χ1) is 8.01. The molecule has 0 aromatic rings. The predicted octanol–water partition coefficient (Wildman–Crippen LogP) is 4.29. The van der Waals surface area contributed by atoms with Crippen molar-refractivity contribution in [2.75, 3.05) is 14.2 Å². The van der Waals surface area contributed by atoms with Gasteiger partial charge in [-0.25, -0.2) is 0 Å². The number of rotatable bonds is 10. The van der Waals surface area contributed by atoms with E-state index in [-0.39, 0.29) is 11.0 Å². The Hall–Kier alpha value is 0.270. The Morgan fingerprint density at radius 2 is 1.65 bits per heavy atom. The molecule has 0 N–H and O–H groups in total. The van der Waals surface area contributed by atoms with Gasteiger partial charge in [-0.05, 0) is 25.2 Å². The molecule has 0 bridgehead atoms. The minimum Gasteiger partial charge on any atom is -0.356 e. The molecule has 0 aromatic carbocycles.